The van der Waals surface area contributed by atoms with Crippen LogP contribution in [0.25, 0.3) is 12.2 Å². The molecule has 0 aliphatic carbocycles. The Balaban J connectivity index is 1.52. The standard InChI is InChI=1S/C46H38Si2/c1-3-37-25-29-43(30-26-37)47(39-17-9-5-10-18-39,40-19-11-6-12-20-40)45-33-35-46(36-34-45)48(41-21-13-7-14-22-41,42-23-15-8-16-24-42)44-31-27-38(4-2)28-32-44/h3-36H,1-2H2. The minimum atomic E-state index is -2.70. The zero-order chi connectivity index (χ0) is 32.8. The van der Waals surface area contributed by atoms with Crippen LogP contribution in [0.15, 0.2) is 207 Å². The third-order valence-corrected chi connectivity index (χ3v) is 19.3. The molecular formula is C46H38Si2. The predicted octanol–water partition coefficient (Wildman–Crippen LogP) is 5.73. The van der Waals surface area contributed by atoms with E-state index in [1.165, 1.54) is 41.5 Å². The van der Waals surface area contributed by atoms with Gasteiger partial charge in [0.1, 0.15) is 0 Å². The minimum absolute atomic E-state index is 1.13. The van der Waals surface area contributed by atoms with E-state index in [0.717, 1.165) is 11.1 Å². The first-order valence-electron chi connectivity index (χ1n) is 16.5. The van der Waals surface area contributed by atoms with Gasteiger partial charge in [0, 0.05) is 0 Å². The quantitative estimate of drug-likeness (QED) is 0.132. The molecule has 0 unspecified atom stereocenters. The van der Waals surface area contributed by atoms with Crippen LogP contribution in [0.4, 0.5) is 0 Å². The summed E-state index contributed by atoms with van der Waals surface area (Å²) in [5, 5.41) is 10.9. The van der Waals surface area contributed by atoms with Crippen molar-refractivity contribution in [2.75, 3.05) is 0 Å². The third kappa shape index (κ3) is 5.35. The summed E-state index contributed by atoms with van der Waals surface area (Å²) in [5.41, 5.74) is 2.25. The summed E-state index contributed by atoms with van der Waals surface area (Å²) < 4.78 is 0. The molecule has 0 aliphatic heterocycles. The molecule has 48 heavy (non-hydrogen) atoms. The monoisotopic (exact) mass is 646 g/mol. The van der Waals surface area contributed by atoms with Crippen LogP contribution in [0.1, 0.15) is 11.1 Å². The lowest BCUT2D eigenvalue weighted by Crippen LogP contribution is -2.76. The predicted molar refractivity (Wildman–Crippen MR) is 214 cm³/mol. The summed E-state index contributed by atoms with van der Waals surface area (Å²) in [5.74, 6) is 0. The molecule has 0 spiro atoms. The maximum absolute atomic E-state index is 4.02. The molecule has 0 radical (unpaired) electrons. The van der Waals surface area contributed by atoms with Crippen molar-refractivity contribution in [3.05, 3.63) is 218 Å². The second-order valence-electron chi connectivity index (χ2n) is 12.2. The number of hydrogen-bond acceptors (Lipinski definition) is 0. The van der Waals surface area contributed by atoms with Crippen molar-refractivity contribution in [3.63, 3.8) is 0 Å². The highest BCUT2D eigenvalue weighted by atomic mass is 28.3. The van der Waals surface area contributed by atoms with Crippen molar-refractivity contribution in [1.82, 2.24) is 0 Å². The Labute approximate surface area is 287 Å². The normalized spacial score (nSPS) is 11.5. The molecular weight excluding hydrogens is 609 g/mol. The van der Waals surface area contributed by atoms with Crippen LogP contribution in [-0.2, 0) is 0 Å². The summed E-state index contributed by atoms with van der Waals surface area (Å²) in [6, 6.07) is 72.4. The average Bonchev–Trinajstić information content (AvgIpc) is 3.18. The van der Waals surface area contributed by atoms with Gasteiger partial charge in [-0.3, -0.25) is 0 Å². The molecule has 0 aliphatic rings. The topological polar surface area (TPSA) is 0 Å². The lowest BCUT2D eigenvalue weighted by atomic mass is 10.2. The Morgan fingerprint density at radius 2 is 0.438 bits per heavy atom. The zero-order valence-corrected chi connectivity index (χ0v) is 29.0. The third-order valence-electron chi connectivity index (χ3n) is 9.74. The Hall–Kier alpha value is -5.55. The fourth-order valence-corrected chi connectivity index (χ4v) is 16.9. The summed E-state index contributed by atoms with van der Waals surface area (Å²) in [6.07, 6.45) is 3.84. The molecule has 7 rings (SSSR count). The van der Waals surface area contributed by atoms with Gasteiger partial charge in [-0.25, -0.2) is 0 Å². The summed E-state index contributed by atoms with van der Waals surface area (Å²) in [6.45, 7) is 8.05. The lowest BCUT2D eigenvalue weighted by Gasteiger charge is -2.37. The molecule has 2 heteroatoms. The first-order valence-corrected chi connectivity index (χ1v) is 20.5. The molecule has 0 fully saturated rings. The van der Waals surface area contributed by atoms with Gasteiger partial charge in [-0.2, -0.15) is 0 Å². The molecule has 0 nitrogen and oxygen atoms in total. The highest BCUT2D eigenvalue weighted by molar-refractivity contribution is 7.21. The second-order valence-corrected chi connectivity index (χ2v) is 19.8. The van der Waals surface area contributed by atoms with Crippen LogP contribution in [0.2, 0.25) is 0 Å². The van der Waals surface area contributed by atoms with Gasteiger partial charge in [0.2, 0.25) is 0 Å². The molecule has 7 aromatic carbocycles. The van der Waals surface area contributed by atoms with Gasteiger partial charge < -0.3 is 0 Å². The zero-order valence-electron chi connectivity index (χ0n) is 27.0. The number of benzene rings is 7. The maximum atomic E-state index is 4.02. The van der Waals surface area contributed by atoms with Gasteiger partial charge in [-0.05, 0) is 52.6 Å². The molecule has 0 N–H and O–H groups in total. The highest BCUT2D eigenvalue weighted by Gasteiger charge is 2.44. The van der Waals surface area contributed by atoms with E-state index in [9.17, 15) is 0 Å². The van der Waals surface area contributed by atoms with E-state index in [0.29, 0.717) is 0 Å². The van der Waals surface area contributed by atoms with E-state index in [1.54, 1.807) is 0 Å². The van der Waals surface area contributed by atoms with E-state index in [4.69, 9.17) is 0 Å². The average molecular weight is 647 g/mol. The van der Waals surface area contributed by atoms with Gasteiger partial charge in [0.15, 0.2) is 16.1 Å². The van der Waals surface area contributed by atoms with E-state index < -0.39 is 16.1 Å². The molecule has 7 aromatic rings. The Morgan fingerprint density at radius 1 is 0.250 bits per heavy atom. The van der Waals surface area contributed by atoms with Crippen molar-refractivity contribution in [2.45, 2.75) is 0 Å². The molecule has 0 bridgehead atoms. The first kappa shape index (κ1) is 31.1. The molecule has 0 saturated carbocycles. The summed E-state index contributed by atoms with van der Waals surface area (Å²) in [4.78, 5) is 0. The van der Waals surface area contributed by atoms with Crippen LogP contribution in [0.5, 0.6) is 0 Å². The molecule has 0 saturated heterocycles. The molecule has 0 amide bonds. The Bertz CT molecular complexity index is 1870. The second kappa shape index (κ2) is 13.7. The molecule has 230 valence electrons. The van der Waals surface area contributed by atoms with Crippen LogP contribution in [-0.4, -0.2) is 16.1 Å². The first-order chi connectivity index (χ1) is 23.7. The van der Waals surface area contributed by atoms with Crippen molar-refractivity contribution in [2.24, 2.45) is 0 Å². The van der Waals surface area contributed by atoms with E-state index in [2.05, 4.69) is 207 Å². The van der Waals surface area contributed by atoms with Crippen LogP contribution >= 0.6 is 0 Å². The molecule has 0 atom stereocenters. The fraction of sp³-hybridized carbons (Fsp3) is 0. The minimum Gasteiger partial charge on any atom is -0.0985 e. The summed E-state index contributed by atoms with van der Waals surface area (Å²) >= 11 is 0. The van der Waals surface area contributed by atoms with Gasteiger partial charge in [0.25, 0.3) is 0 Å². The van der Waals surface area contributed by atoms with Crippen molar-refractivity contribution >= 4 is 69.8 Å². The van der Waals surface area contributed by atoms with Gasteiger partial charge >= 0.3 is 0 Å². The number of hydrogen-bond donors (Lipinski definition) is 0. The van der Waals surface area contributed by atoms with Crippen molar-refractivity contribution in [1.29, 1.82) is 0 Å². The largest absolute Gasteiger partial charge is 0.179 e. The van der Waals surface area contributed by atoms with E-state index in [-0.39, 0.29) is 0 Å². The van der Waals surface area contributed by atoms with Crippen LogP contribution in [0.3, 0.4) is 0 Å². The number of rotatable bonds is 10. The van der Waals surface area contributed by atoms with E-state index >= 15 is 0 Å². The maximum Gasteiger partial charge on any atom is 0.179 e. The Morgan fingerprint density at radius 3 is 0.646 bits per heavy atom. The molecule has 0 heterocycles. The fourth-order valence-electron chi connectivity index (χ4n) is 7.46. The van der Waals surface area contributed by atoms with Crippen molar-refractivity contribution in [3.8, 4) is 0 Å². The smallest absolute Gasteiger partial charge is 0.0985 e. The SMILES string of the molecule is C=Cc1ccc([Si](c2ccccc2)(c2ccccc2)c2ccc([Si](c3ccccc3)(c3ccccc3)c3ccc(C=C)cc3)cc2)cc1. The van der Waals surface area contributed by atoms with Gasteiger partial charge in [-0.15, -0.1) is 0 Å². The van der Waals surface area contributed by atoms with Crippen LogP contribution < -0.4 is 41.5 Å². The van der Waals surface area contributed by atoms with Crippen LogP contribution in [0, 0.1) is 0 Å². The highest BCUT2D eigenvalue weighted by Crippen LogP contribution is 2.14. The lowest BCUT2D eigenvalue weighted by molar-refractivity contribution is 1.64. The van der Waals surface area contributed by atoms with Crippen molar-refractivity contribution < 1.29 is 0 Å². The van der Waals surface area contributed by atoms with Gasteiger partial charge in [0.05, 0.1) is 0 Å². The Kier molecular flexibility index (Phi) is 8.85. The van der Waals surface area contributed by atoms with Gasteiger partial charge in [-0.1, -0.05) is 219 Å². The van der Waals surface area contributed by atoms with E-state index in [1.807, 2.05) is 12.2 Å². The summed E-state index contributed by atoms with van der Waals surface area (Å²) in [7, 11) is -5.40. The molecule has 0 aromatic heterocycles.